The van der Waals surface area contributed by atoms with Crippen LogP contribution in [0.25, 0.3) is 0 Å². The highest BCUT2D eigenvalue weighted by Crippen LogP contribution is 2.28. The van der Waals surface area contributed by atoms with E-state index in [2.05, 4.69) is 11.4 Å². The molecular weight excluding hydrogens is 186 g/mol. The van der Waals surface area contributed by atoms with Gasteiger partial charge in [-0.05, 0) is 43.9 Å². The molecule has 1 aliphatic carbocycles. The fraction of sp³-hybridized carbons (Fsp3) is 0.462. The number of anilines is 1. The first-order chi connectivity index (χ1) is 7.16. The molecular formula is C13H17NO. The minimum atomic E-state index is 0.190. The molecule has 2 heteroatoms. The van der Waals surface area contributed by atoms with Crippen LogP contribution >= 0.6 is 0 Å². The molecule has 1 saturated carbocycles. The van der Waals surface area contributed by atoms with Gasteiger partial charge in [0.15, 0.2) is 0 Å². The standard InChI is InChI=1S/C13H17NO/c1-9-6-7-10(2)12(8-9)14-13(15)11-4-3-5-11/h6-8,11H,3-5H2,1-2H3,(H,14,15). The largest absolute Gasteiger partial charge is 0.326 e. The molecule has 0 heterocycles. The zero-order chi connectivity index (χ0) is 10.8. The van der Waals surface area contributed by atoms with E-state index in [-0.39, 0.29) is 11.8 Å². The normalized spacial score (nSPS) is 15.9. The van der Waals surface area contributed by atoms with E-state index in [9.17, 15) is 4.79 Å². The van der Waals surface area contributed by atoms with Crippen LogP contribution in [-0.4, -0.2) is 5.91 Å². The van der Waals surface area contributed by atoms with Gasteiger partial charge in [-0.2, -0.15) is 0 Å². The van der Waals surface area contributed by atoms with Gasteiger partial charge in [0, 0.05) is 11.6 Å². The molecule has 1 aliphatic rings. The highest BCUT2D eigenvalue weighted by atomic mass is 16.1. The molecule has 80 valence electrons. The van der Waals surface area contributed by atoms with Crippen LogP contribution in [0.3, 0.4) is 0 Å². The first-order valence-corrected chi connectivity index (χ1v) is 5.55. The van der Waals surface area contributed by atoms with Crippen molar-refractivity contribution in [2.45, 2.75) is 33.1 Å². The van der Waals surface area contributed by atoms with E-state index in [1.807, 2.05) is 26.0 Å². The molecule has 0 spiro atoms. The number of carbonyl (C=O) groups is 1. The minimum absolute atomic E-state index is 0.190. The first kappa shape index (κ1) is 10.2. The fourth-order valence-electron chi connectivity index (χ4n) is 1.78. The van der Waals surface area contributed by atoms with Gasteiger partial charge in [-0.15, -0.1) is 0 Å². The van der Waals surface area contributed by atoms with E-state index in [1.165, 1.54) is 12.0 Å². The third kappa shape index (κ3) is 2.20. The summed E-state index contributed by atoms with van der Waals surface area (Å²) in [6, 6.07) is 6.14. The average Bonchev–Trinajstić information content (AvgIpc) is 2.08. The molecule has 15 heavy (non-hydrogen) atoms. The molecule has 0 radical (unpaired) electrons. The Hall–Kier alpha value is -1.31. The summed E-state index contributed by atoms with van der Waals surface area (Å²) in [4.78, 5) is 11.7. The van der Waals surface area contributed by atoms with E-state index >= 15 is 0 Å². The second-order valence-corrected chi connectivity index (χ2v) is 4.44. The molecule has 1 amide bonds. The highest BCUT2D eigenvalue weighted by Gasteiger charge is 2.25. The van der Waals surface area contributed by atoms with Crippen molar-refractivity contribution in [1.29, 1.82) is 0 Å². The van der Waals surface area contributed by atoms with Crippen molar-refractivity contribution in [1.82, 2.24) is 0 Å². The van der Waals surface area contributed by atoms with E-state index in [1.54, 1.807) is 0 Å². The van der Waals surface area contributed by atoms with E-state index in [0.717, 1.165) is 24.1 Å². The van der Waals surface area contributed by atoms with Crippen molar-refractivity contribution in [3.63, 3.8) is 0 Å². The third-order valence-corrected chi connectivity index (χ3v) is 3.13. The van der Waals surface area contributed by atoms with Crippen molar-refractivity contribution in [2.24, 2.45) is 5.92 Å². The van der Waals surface area contributed by atoms with E-state index < -0.39 is 0 Å². The minimum Gasteiger partial charge on any atom is -0.326 e. The topological polar surface area (TPSA) is 29.1 Å². The van der Waals surface area contributed by atoms with Gasteiger partial charge in [-0.25, -0.2) is 0 Å². The molecule has 0 unspecified atom stereocenters. The lowest BCUT2D eigenvalue weighted by molar-refractivity contribution is -0.122. The predicted octanol–water partition coefficient (Wildman–Crippen LogP) is 3.04. The zero-order valence-corrected chi connectivity index (χ0v) is 9.34. The van der Waals surface area contributed by atoms with Gasteiger partial charge in [-0.1, -0.05) is 18.6 Å². The number of hydrogen-bond donors (Lipinski definition) is 1. The molecule has 2 nitrogen and oxygen atoms in total. The summed E-state index contributed by atoms with van der Waals surface area (Å²) in [6.45, 7) is 4.06. The second-order valence-electron chi connectivity index (χ2n) is 4.44. The van der Waals surface area contributed by atoms with Gasteiger partial charge >= 0.3 is 0 Å². The van der Waals surface area contributed by atoms with Crippen molar-refractivity contribution >= 4 is 11.6 Å². The van der Waals surface area contributed by atoms with Gasteiger partial charge in [-0.3, -0.25) is 4.79 Å². The summed E-state index contributed by atoms with van der Waals surface area (Å²) in [6.07, 6.45) is 3.30. The monoisotopic (exact) mass is 203 g/mol. The van der Waals surface area contributed by atoms with Gasteiger partial charge in [0.1, 0.15) is 0 Å². The first-order valence-electron chi connectivity index (χ1n) is 5.55. The van der Waals surface area contributed by atoms with Crippen LogP contribution in [0.15, 0.2) is 18.2 Å². The zero-order valence-electron chi connectivity index (χ0n) is 9.34. The Morgan fingerprint density at radius 3 is 2.67 bits per heavy atom. The molecule has 1 fully saturated rings. The number of benzene rings is 1. The van der Waals surface area contributed by atoms with Crippen LogP contribution in [0.4, 0.5) is 5.69 Å². The molecule has 2 rings (SSSR count). The maximum Gasteiger partial charge on any atom is 0.227 e. The number of rotatable bonds is 2. The summed E-state index contributed by atoms with van der Waals surface area (Å²) >= 11 is 0. The SMILES string of the molecule is Cc1ccc(C)c(NC(=O)C2CCC2)c1. The Morgan fingerprint density at radius 1 is 1.33 bits per heavy atom. The third-order valence-electron chi connectivity index (χ3n) is 3.13. The van der Waals surface area contributed by atoms with Gasteiger partial charge in [0.25, 0.3) is 0 Å². The Bertz CT molecular complexity index is 380. The Morgan fingerprint density at radius 2 is 2.07 bits per heavy atom. The van der Waals surface area contributed by atoms with Crippen LogP contribution in [0.2, 0.25) is 0 Å². The van der Waals surface area contributed by atoms with Crippen LogP contribution in [0.1, 0.15) is 30.4 Å². The molecule has 0 aromatic heterocycles. The Kier molecular flexibility index (Phi) is 2.76. The van der Waals surface area contributed by atoms with Gasteiger partial charge < -0.3 is 5.32 Å². The molecule has 0 saturated heterocycles. The van der Waals surface area contributed by atoms with Crippen LogP contribution in [0.5, 0.6) is 0 Å². The van der Waals surface area contributed by atoms with Crippen LogP contribution in [0, 0.1) is 19.8 Å². The van der Waals surface area contributed by atoms with Gasteiger partial charge in [0.2, 0.25) is 5.91 Å². The van der Waals surface area contributed by atoms with Crippen LogP contribution in [-0.2, 0) is 4.79 Å². The van der Waals surface area contributed by atoms with Crippen molar-refractivity contribution in [3.05, 3.63) is 29.3 Å². The maximum atomic E-state index is 11.7. The summed E-state index contributed by atoms with van der Waals surface area (Å²) in [5.41, 5.74) is 3.28. The maximum absolute atomic E-state index is 11.7. The number of nitrogens with one attached hydrogen (secondary N) is 1. The molecule has 0 aliphatic heterocycles. The molecule has 0 bridgehead atoms. The Balaban J connectivity index is 2.09. The number of carbonyl (C=O) groups excluding carboxylic acids is 1. The number of aryl methyl sites for hydroxylation is 2. The smallest absolute Gasteiger partial charge is 0.227 e. The quantitative estimate of drug-likeness (QED) is 0.786. The average molecular weight is 203 g/mol. The second kappa shape index (κ2) is 4.05. The van der Waals surface area contributed by atoms with Gasteiger partial charge in [0.05, 0.1) is 0 Å². The highest BCUT2D eigenvalue weighted by molar-refractivity contribution is 5.93. The Labute approximate surface area is 90.7 Å². The number of amides is 1. The molecule has 1 N–H and O–H groups in total. The van der Waals surface area contributed by atoms with Crippen molar-refractivity contribution < 1.29 is 4.79 Å². The lowest BCUT2D eigenvalue weighted by Gasteiger charge is -2.24. The van der Waals surface area contributed by atoms with Crippen molar-refractivity contribution in [2.75, 3.05) is 5.32 Å². The fourth-order valence-corrected chi connectivity index (χ4v) is 1.78. The molecule has 1 aromatic rings. The lowest BCUT2D eigenvalue weighted by Crippen LogP contribution is -2.28. The van der Waals surface area contributed by atoms with Crippen LogP contribution < -0.4 is 5.32 Å². The summed E-state index contributed by atoms with van der Waals surface area (Å²) in [5, 5.41) is 3.01. The van der Waals surface area contributed by atoms with E-state index in [4.69, 9.17) is 0 Å². The summed E-state index contributed by atoms with van der Waals surface area (Å²) in [7, 11) is 0. The predicted molar refractivity (Wildman–Crippen MR) is 61.9 cm³/mol. The molecule has 0 atom stereocenters. The summed E-state index contributed by atoms with van der Waals surface area (Å²) in [5.74, 6) is 0.444. The summed E-state index contributed by atoms with van der Waals surface area (Å²) < 4.78 is 0. The molecule has 1 aromatic carbocycles. The van der Waals surface area contributed by atoms with Crippen molar-refractivity contribution in [3.8, 4) is 0 Å². The lowest BCUT2D eigenvalue weighted by atomic mass is 9.85. The van der Waals surface area contributed by atoms with E-state index in [0.29, 0.717) is 0 Å². The number of hydrogen-bond acceptors (Lipinski definition) is 1.